The lowest BCUT2D eigenvalue weighted by atomic mass is 9.97. The zero-order valence-electron chi connectivity index (χ0n) is 17.5. The third-order valence-corrected chi connectivity index (χ3v) is 5.22. The predicted octanol–water partition coefficient (Wildman–Crippen LogP) is 0.882. The van der Waals surface area contributed by atoms with Gasteiger partial charge in [-0.05, 0) is 19.8 Å². The maximum Gasteiger partial charge on any atom is 0.245 e. The highest BCUT2D eigenvalue weighted by Gasteiger charge is 2.26. The van der Waals surface area contributed by atoms with Gasteiger partial charge in [0.25, 0.3) is 0 Å². The Bertz CT molecular complexity index is 613. The average Bonchev–Trinajstić information content (AvgIpc) is 3.10. The van der Waals surface area contributed by atoms with Crippen LogP contribution in [0.5, 0.6) is 0 Å². The first-order chi connectivity index (χ1) is 13.5. The van der Waals surface area contributed by atoms with Gasteiger partial charge in [-0.1, -0.05) is 31.8 Å². The molecule has 1 saturated heterocycles. The third kappa shape index (κ3) is 7.24. The van der Waals surface area contributed by atoms with Crippen molar-refractivity contribution in [1.82, 2.24) is 10.1 Å². The molecule has 1 aromatic rings. The molecule has 0 spiro atoms. The first-order valence-corrected chi connectivity index (χ1v) is 10.5. The molecule has 1 aliphatic heterocycles. The summed E-state index contributed by atoms with van der Waals surface area (Å²) in [5, 5.41) is 6.51. The van der Waals surface area contributed by atoms with Gasteiger partial charge in [-0.2, -0.15) is 0 Å². The van der Waals surface area contributed by atoms with Crippen LogP contribution in [-0.4, -0.2) is 67.8 Å². The topological polar surface area (TPSA) is 89.1 Å². The van der Waals surface area contributed by atoms with Crippen LogP contribution >= 0.6 is 0 Å². The summed E-state index contributed by atoms with van der Waals surface area (Å²) in [4.78, 5) is 28.8. The maximum atomic E-state index is 13.1. The standard InChI is InChI=1S/C20H34N4O4/c1-4-6-7-17(5-2)20(26)24(9-8-23-10-12-27-13-11-23)15-19(25)21-18-14-16(3)28-22-18/h14,17H,4-13,15H2,1-3H3,(H,21,22,25)/p+1/t17-/m0/s1. The highest BCUT2D eigenvalue weighted by atomic mass is 16.5. The minimum atomic E-state index is -0.246. The van der Waals surface area contributed by atoms with Crippen molar-refractivity contribution in [3.05, 3.63) is 11.8 Å². The van der Waals surface area contributed by atoms with Gasteiger partial charge >= 0.3 is 0 Å². The Kier molecular flexibility index (Phi) is 9.43. The molecule has 2 heterocycles. The Hall–Kier alpha value is -1.93. The van der Waals surface area contributed by atoms with Crippen LogP contribution in [0.3, 0.4) is 0 Å². The van der Waals surface area contributed by atoms with Crippen molar-refractivity contribution in [3.8, 4) is 0 Å². The number of carbonyl (C=O) groups is 2. The molecule has 158 valence electrons. The molecule has 8 heteroatoms. The minimum Gasteiger partial charge on any atom is -0.370 e. The van der Waals surface area contributed by atoms with Gasteiger partial charge in [-0.25, -0.2) is 0 Å². The summed E-state index contributed by atoms with van der Waals surface area (Å²) in [6.45, 7) is 10.8. The number of morpholine rings is 1. The summed E-state index contributed by atoms with van der Waals surface area (Å²) in [6.07, 6.45) is 3.76. The lowest BCUT2D eigenvalue weighted by Crippen LogP contribution is -3.14. The maximum absolute atomic E-state index is 13.1. The SMILES string of the molecule is CCCC[C@H](CC)C(=O)N(CC[NH+]1CCOCC1)CC(=O)Nc1cc(C)on1. The van der Waals surface area contributed by atoms with E-state index >= 15 is 0 Å². The number of hydrogen-bond acceptors (Lipinski definition) is 5. The number of rotatable bonds is 11. The second-order valence-electron chi connectivity index (χ2n) is 7.49. The molecule has 1 aliphatic rings. The van der Waals surface area contributed by atoms with Gasteiger partial charge in [0.1, 0.15) is 25.4 Å². The van der Waals surface area contributed by atoms with Crippen molar-refractivity contribution in [3.63, 3.8) is 0 Å². The Balaban J connectivity index is 1.98. The van der Waals surface area contributed by atoms with Crippen molar-refractivity contribution in [2.24, 2.45) is 5.92 Å². The van der Waals surface area contributed by atoms with Crippen LogP contribution in [0.1, 0.15) is 45.3 Å². The summed E-state index contributed by atoms with van der Waals surface area (Å²) in [5.41, 5.74) is 0. The van der Waals surface area contributed by atoms with Gasteiger partial charge in [-0.15, -0.1) is 0 Å². The quantitative estimate of drug-likeness (QED) is 0.581. The fourth-order valence-corrected chi connectivity index (χ4v) is 3.46. The summed E-state index contributed by atoms with van der Waals surface area (Å²) < 4.78 is 10.4. The van der Waals surface area contributed by atoms with E-state index in [9.17, 15) is 9.59 Å². The Morgan fingerprint density at radius 1 is 1.32 bits per heavy atom. The Labute approximate surface area is 167 Å². The molecule has 2 rings (SSSR count). The normalized spacial score (nSPS) is 16.0. The number of ether oxygens (including phenoxy) is 1. The molecular formula is C20H35N4O4+. The number of amides is 2. The largest absolute Gasteiger partial charge is 0.370 e. The molecule has 2 amide bonds. The molecular weight excluding hydrogens is 360 g/mol. The fourth-order valence-electron chi connectivity index (χ4n) is 3.46. The molecule has 0 aromatic carbocycles. The van der Waals surface area contributed by atoms with E-state index in [2.05, 4.69) is 17.4 Å². The number of aryl methyl sites for hydroxylation is 1. The van der Waals surface area contributed by atoms with E-state index in [0.717, 1.165) is 58.5 Å². The van der Waals surface area contributed by atoms with E-state index in [-0.39, 0.29) is 24.3 Å². The van der Waals surface area contributed by atoms with Crippen LogP contribution < -0.4 is 10.2 Å². The van der Waals surface area contributed by atoms with E-state index in [0.29, 0.717) is 18.1 Å². The summed E-state index contributed by atoms with van der Waals surface area (Å²) >= 11 is 0. The first kappa shape index (κ1) is 22.4. The molecule has 1 atom stereocenters. The monoisotopic (exact) mass is 395 g/mol. The van der Waals surface area contributed by atoms with Gasteiger partial charge in [-0.3, -0.25) is 9.59 Å². The van der Waals surface area contributed by atoms with E-state index in [4.69, 9.17) is 9.26 Å². The molecule has 1 aromatic heterocycles. The molecule has 0 bridgehead atoms. The lowest BCUT2D eigenvalue weighted by Gasteiger charge is -2.29. The molecule has 1 fully saturated rings. The Morgan fingerprint density at radius 3 is 2.68 bits per heavy atom. The molecule has 0 unspecified atom stereocenters. The highest BCUT2D eigenvalue weighted by molar-refractivity contribution is 5.94. The van der Waals surface area contributed by atoms with Crippen LogP contribution in [0.25, 0.3) is 0 Å². The summed E-state index contributed by atoms with van der Waals surface area (Å²) in [6, 6.07) is 1.66. The van der Waals surface area contributed by atoms with Crippen molar-refractivity contribution in [1.29, 1.82) is 0 Å². The van der Waals surface area contributed by atoms with Crippen molar-refractivity contribution in [2.45, 2.75) is 46.5 Å². The van der Waals surface area contributed by atoms with Gasteiger partial charge in [0.15, 0.2) is 5.82 Å². The van der Waals surface area contributed by atoms with Crippen LogP contribution in [0, 0.1) is 12.8 Å². The van der Waals surface area contributed by atoms with Crippen molar-refractivity contribution < 1.29 is 23.7 Å². The molecule has 8 nitrogen and oxygen atoms in total. The van der Waals surface area contributed by atoms with E-state index in [1.54, 1.807) is 17.9 Å². The van der Waals surface area contributed by atoms with Gasteiger partial charge in [0.05, 0.1) is 26.3 Å². The van der Waals surface area contributed by atoms with Crippen LogP contribution in [-0.2, 0) is 14.3 Å². The molecule has 0 aliphatic carbocycles. The zero-order valence-corrected chi connectivity index (χ0v) is 17.5. The van der Waals surface area contributed by atoms with Crippen LogP contribution in [0.15, 0.2) is 10.6 Å². The molecule has 0 radical (unpaired) electrons. The van der Waals surface area contributed by atoms with Crippen molar-refractivity contribution in [2.75, 3.05) is 51.3 Å². The second-order valence-corrected chi connectivity index (χ2v) is 7.49. The van der Waals surface area contributed by atoms with E-state index in [1.165, 1.54) is 4.90 Å². The van der Waals surface area contributed by atoms with Gasteiger partial charge in [0.2, 0.25) is 11.8 Å². The zero-order chi connectivity index (χ0) is 20.4. The first-order valence-electron chi connectivity index (χ1n) is 10.5. The highest BCUT2D eigenvalue weighted by Crippen LogP contribution is 2.16. The molecule has 0 saturated carbocycles. The summed E-state index contributed by atoms with van der Waals surface area (Å²) in [7, 11) is 0. The van der Waals surface area contributed by atoms with Gasteiger partial charge < -0.3 is 24.4 Å². The van der Waals surface area contributed by atoms with E-state index < -0.39 is 0 Å². The number of quaternary nitrogens is 1. The van der Waals surface area contributed by atoms with Crippen LogP contribution in [0.2, 0.25) is 0 Å². The number of carbonyl (C=O) groups excluding carboxylic acids is 2. The van der Waals surface area contributed by atoms with E-state index in [1.807, 2.05) is 6.92 Å². The third-order valence-electron chi connectivity index (χ3n) is 5.22. The minimum absolute atomic E-state index is 0.0262. The lowest BCUT2D eigenvalue weighted by molar-refractivity contribution is -0.907. The number of anilines is 1. The summed E-state index contributed by atoms with van der Waals surface area (Å²) in [5.74, 6) is 0.817. The smallest absolute Gasteiger partial charge is 0.245 e. The average molecular weight is 396 g/mol. The number of unbranched alkanes of at least 4 members (excludes halogenated alkanes) is 1. The van der Waals surface area contributed by atoms with Crippen molar-refractivity contribution >= 4 is 17.6 Å². The second kappa shape index (κ2) is 11.8. The van der Waals surface area contributed by atoms with Gasteiger partial charge in [0, 0.05) is 12.0 Å². The number of nitrogens with zero attached hydrogens (tertiary/aromatic N) is 2. The Morgan fingerprint density at radius 2 is 2.07 bits per heavy atom. The molecule has 2 N–H and O–H groups in total. The molecule has 28 heavy (non-hydrogen) atoms. The number of hydrogen-bond donors (Lipinski definition) is 2. The number of nitrogens with one attached hydrogen (secondary N) is 2. The fraction of sp³-hybridized carbons (Fsp3) is 0.750. The predicted molar refractivity (Wildman–Crippen MR) is 106 cm³/mol. The number of aromatic nitrogens is 1. The van der Waals surface area contributed by atoms with Crippen LogP contribution in [0.4, 0.5) is 5.82 Å².